The molecular weight excluding hydrogens is 284 g/mol. The van der Waals surface area contributed by atoms with Crippen LogP contribution in [0.5, 0.6) is 17.2 Å². The summed E-state index contributed by atoms with van der Waals surface area (Å²) in [6.45, 7) is 4.07. The van der Waals surface area contributed by atoms with E-state index in [0.29, 0.717) is 29.4 Å². The topological polar surface area (TPSA) is 84.5 Å². The molecule has 0 saturated carbocycles. The molecule has 0 amide bonds. The zero-order chi connectivity index (χ0) is 16.4. The summed E-state index contributed by atoms with van der Waals surface area (Å²) in [7, 11) is 2.98. The maximum atomic E-state index is 8.81. The van der Waals surface area contributed by atoms with Crippen LogP contribution in [0.25, 0.3) is 6.08 Å². The third kappa shape index (κ3) is 4.46. The van der Waals surface area contributed by atoms with E-state index < -0.39 is 0 Å². The van der Waals surface area contributed by atoms with E-state index in [0.717, 1.165) is 0 Å². The van der Waals surface area contributed by atoms with E-state index in [1.54, 1.807) is 24.3 Å². The summed E-state index contributed by atoms with van der Waals surface area (Å²) in [6.07, 6.45) is 2.77. The fraction of sp³-hybridized carbons (Fsp3) is 0.250. The third-order valence-electron chi connectivity index (χ3n) is 2.60. The maximum absolute atomic E-state index is 8.81. The Hall–Kier alpha value is -3.12. The van der Waals surface area contributed by atoms with Gasteiger partial charge in [0, 0.05) is 0 Å². The molecule has 0 atom stereocenters. The van der Waals surface area contributed by atoms with E-state index in [4.69, 9.17) is 29.5 Å². The molecule has 0 aliphatic rings. The molecule has 0 unspecified atom stereocenters. The monoisotopic (exact) mass is 300 g/mol. The van der Waals surface area contributed by atoms with Crippen LogP contribution in [0.15, 0.2) is 30.5 Å². The third-order valence-corrected chi connectivity index (χ3v) is 2.60. The van der Waals surface area contributed by atoms with E-state index >= 15 is 0 Å². The number of ether oxygens (including phenoxy) is 4. The minimum Gasteiger partial charge on any atom is -0.498 e. The van der Waals surface area contributed by atoms with Gasteiger partial charge in [0.05, 0.1) is 20.5 Å². The molecule has 1 rings (SSSR count). The molecule has 1 aromatic carbocycles. The number of allylic oxidation sites excluding steroid dienone is 1. The Morgan fingerprint density at radius 1 is 1.14 bits per heavy atom. The van der Waals surface area contributed by atoms with Crippen molar-refractivity contribution in [2.24, 2.45) is 0 Å². The van der Waals surface area contributed by atoms with Gasteiger partial charge in [0.1, 0.15) is 30.9 Å². The molecule has 0 aromatic heterocycles. The molecule has 0 fully saturated rings. The predicted molar refractivity (Wildman–Crippen MR) is 80.4 cm³/mol. The Kier molecular flexibility index (Phi) is 6.88. The highest BCUT2D eigenvalue weighted by Gasteiger charge is 2.14. The first-order chi connectivity index (χ1) is 10.7. The van der Waals surface area contributed by atoms with Gasteiger partial charge in [-0.15, -0.1) is 0 Å². The van der Waals surface area contributed by atoms with Crippen molar-refractivity contribution >= 4 is 6.08 Å². The lowest BCUT2D eigenvalue weighted by Crippen LogP contribution is -2.06. The Bertz CT molecular complexity index is 598. The molecule has 0 heterocycles. The normalized spacial score (nSPS) is 8.91. The minimum atomic E-state index is -0.0165. The molecule has 0 aliphatic carbocycles. The Morgan fingerprint density at radius 2 is 1.73 bits per heavy atom. The summed E-state index contributed by atoms with van der Waals surface area (Å²) >= 11 is 0. The van der Waals surface area contributed by atoms with Crippen LogP contribution in [0.3, 0.4) is 0 Å². The number of benzene rings is 1. The molecule has 0 bridgehead atoms. The van der Waals surface area contributed by atoms with Gasteiger partial charge < -0.3 is 18.9 Å². The van der Waals surface area contributed by atoms with Crippen molar-refractivity contribution in [1.82, 2.24) is 0 Å². The molecule has 22 heavy (non-hydrogen) atoms. The standard InChI is InChI=1S/C16H16N2O4/c1-4-21-5-6-22-16-14(19-2)8-12(9-15(16)20-3)7-13(10-17)11-18/h4,7-9H,1,5-6H2,2-3H3. The molecule has 0 aliphatic heterocycles. The molecule has 1 aromatic rings. The molecule has 6 nitrogen and oxygen atoms in total. The largest absolute Gasteiger partial charge is 0.498 e. The van der Waals surface area contributed by atoms with Gasteiger partial charge in [-0.25, -0.2) is 0 Å². The van der Waals surface area contributed by atoms with Gasteiger partial charge in [-0.05, 0) is 23.8 Å². The molecule has 114 valence electrons. The first-order valence-electron chi connectivity index (χ1n) is 6.33. The Balaban J connectivity index is 3.13. The molecule has 0 saturated heterocycles. The summed E-state index contributed by atoms with van der Waals surface area (Å²) in [5.41, 5.74) is 0.582. The van der Waals surface area contributed by atoms with Gasteiger partial charge in [0.15, 0.2) is 11.5 Å². The lowest BCUT2D eigenvalue weighted by molar-refractivity contribution is 0.172. The van der Waals surface area contributed by atoms with Crippen LogP contribution in [0.1, 0.15) is 5.56 Å². The molecule has 0 spiro atoms. The van der Waals surface area contributed by atoms with Crippen molar-refractivity contribution in [3.05, 3.63) is 36.1 Å². The SMILES string of the molecule is C=COCCOc1c(OC)cc(C=C(C#N)C#N)cc1OC. The first-order valence-corrected chi connectivity index (χ1v) is 6.33. The Morgan fingerprint density at radius 3 is 2.18 bits per heavy atom. The number of nitriles is 2. The van der Waals surface area contributed by atoms with Crippen LogP contribution in [0, 0.1) is 22.7 Å². The van der Waals surface area contributed by atoms with Crippen molar-refractivity contribution in [2.75, 3.05) is 27.4 Å². The molecule has 0 radical (unpaired) electrons. The smallest absolute Gasteiger partial charge is 0.203 e. The number of hydrogen-bond acceptors (Lipinski definition) is 6. The molecule has 0 N–H and O–H groups in total. The van der Waals surface area contributed by atoms with Crippen LogP contribution >= 0.6 is 0 Å². The van der Waals surface area contributed by atoms with Crippen LogP contribution in [-0.4, -0.2) is 27.4 Å². The lowest BCUT2D eigenvalue weighted by Gasteiger charge is -2.15. The average Bonchev–Trinajstić information content (AvgIpc) is 2.56. The van der Waals surface area contributed by atoms with Crippen molar-refractivity contribution in [3.63, 3.8) is 0 Å². The minimum absolute atomic E-state index is 0.0165. The fourth-order valence-corrected chi connectivity index (χ4v) is 1.66. The van der Waals surface area contributed by atoms with Gasteiger partial charge in [-0.1, -0.05) is 6.58 Å². The summed E-state index contributed by atoms with van der Waals surface area (Å²) in [5, 5.41) is 17.6. The highest BCUT2D eigenvalue weighted by atomic mass is 16.6. The van der Waals surface area contributed by atoms with Crippen LogP contribution in [-0.2, 0) is 4.74 Å². The van der Waals surface area contributed by atoms with Gasteiger partial charge >= 0.3 is 0 Å². The zero-order valence-electron chi connectivity index (χ0n) is 12.5. The number of hydrogen-bond donors (Lipinski definition) is 0. The van der Waals surface area contributed by atoms with Crippen molar-refractivity contribution in [1.29, 1.82) is 10.5 Å². The number of methoxy groups -OCH3 is 2. The van der Waals surface area contributed by atoms with E-state index in [-0.39, 0.29) is 12.2 Å². The fourth-order valence-electron chi connectivity index (χ4n) is 1.66. The second-order valence-electron chi connectivity index (χ2n) is 3.92. The lowest BCUT2D eigenvalue weighted by atomic mass is 10.1. The highest BCUT2D eigenvalue weighted by Crippen LogP contribution is 2.39. The van der Waals surface area contributed by atoms with Crippen molar-refractivity contribution in [3.8, 4) is 29.4 Å². The van der Waals surface area contributed by atoms with Crippen molar-refractivity contribution in [2.45, 2.75) is 0 Å². The summed E-state index contributed by atoms with van der Waals surface area (Å²) < 4.78 is 21.1. The second-order valence-corrected chi connectivity index (χ2v) is 3.92. The average molecular weight is 300 g/mol. The van der Waals surface area contributed by atoms with E-state index in [1.165, 1.54) is 26.6 Å². The highest BCUT2D eigenvalue weighted by molar-refractivity contribution is 5.67. The predicted octanol–water partition coefficient (Wildman–Crippen LogP) is 2.67. The van der Waals surface area contributed by atoms with E-state index in [9.17, 15) is 0 Å². The van der Waals surface area contributed by atoms with Gasteiger partial charge in [0.25, 0.3) is 0 Å². The quantitative estimate of drug-likeness (QED) is 0.417. The zero-order valence-corrected chi connectivity index (χ0v) is 12.5. The van der Waals surface area contributed by atoms with Crippen molar-refractivity contribution < 1.29 is 18.9 Å². The van der Waals surface area contributed by atoms with Crippen LogP contribution < -0.4 is 14.2 Å². The van der Waals surface area contributed by atoms with E-state index in [2.05, 4.69) is 6.58 Å². The van der Waals surface area contributed by atoms with Crippen LogP contribution in [0.4, 0.5) is 0 Å². The first kappa shape index (κ1) is 16.9. The van der Waals surface area contributed by atoms with E-state index in [1.807, 2.05) is 0 Å². The molecule has 6 heteroatoms. The number of nitrogens with zero attached hydrogens (tertiary/aromatic N) is 2. The number of rotatable bonds is 8. The second kappa shape index (κ2) is 8.93. The van der Waals surface area contributed by atoms with Crippen LogP contribution in [0.2, 0.25) is 0 Å². The summed E-state index contributed by atoms with van der Waals surface area (Å²) in [6, 6.07) is 6.91. The Labute approximate surface area is 129 Å². The van der Waals surface area contributed by atoms with Gasteiger partial charge in [0.2, 0.25) is 5.75 Å². The summed E-state index contributed by atoms with van der Waals surface area (Å²) in [4.78, 5) is 0. The van der Waals surface area contributed by atoms with Gasteiger partial charge in [-0.2, -0.15) is 10.5 Å². The summed E-state index contributed by atoms with van der Waals surface area (Å²) in [5.74, 6) is 1.28. The maximum Gasteiger partial charge on any atom is 0.203 e. The van der Waals surface area contributed by atoms with Gasteiger partial charge in [-0.3, -0.25) is 0 Å². The molecular formula is C16H16N2O4.